The highest BCUT2D eigenvalue weighted by molar-refractivity contribution is 7.91. The molecule has 1 aromatic heterocycles. The molecule has 0 saturated heterocycles. The SMILES string of the molecule is O=C(NCCNS(=O)(=O)c1cccs1)c1ccccc1. The molecule has 7 heteroatoms. The fourth-order valence-electron chi connectivity index (χ4n) is 1.54. The van der Waals surface area contributed by atoms with E-state index in [2.05, 4.69) is 10.0 Å². The van der Waals surface area contributed by atoms with E-state index in [-0.39, 0.29) is 23.2 Å². The van der Waals surface area contributed by atoms with Crippen molar-refractivity contribution in [3.8, 4) is 0 Å². The lowest BCUT2D eigenvalue weighted by atomic mass is 10.2. The Labute approximate surface area is 121 Å². The number of sulfonamides is 1. The zero-order chi connectivity index (χ0) is 14.4. The second kappa shape index (κ2) is 6.65. The number of nitrogens with one attached hydrogen (secondary N) is 2. The predicted molar refractivity (Wildman–Crippen MR) is 78.3 cm³/mol. The maximum Gasteiger partial charge on any atom is 0.251 e. The van der Waals surface area contributed by atoms with E-state index in [1.807, 2.05) is 6.07 Å². The summed E-state index contributed by atoms with van der Waals surface area (Å²) in [7, 11) is -3.46. The van der Waals surface area contributed by atoms with Crippen LogP contribution in [0.1, 0.15) is 10.4 Å². The molecule has 0 aliphatic heterocycles. The molecular weight excluding hydrogens is 296 g/mol. The highest BCUT2D eigenvalue weighted by Gasteiger charge is 2.14. The smallest absolute Gasteiger partial charge is 0.251 e. The van der Waals surface area contributed by atoms with Crippen LogP contribution in [0, 0.1) is 0 Å². The van der Waals surface area contributed by atoms with Crippen molar-refractivity contribution in [1.82, 2.24) is 10.0 Å². The summed E-state index contributed by atoms with van der Waals surface area (Å²) in [6.07, 6.45) is 0. The van der Waals surface area contributed by atoms with Crippen LogP contribution >= 0.6 is 11.3 Å². The van der Waals surface area contributed by atoms with Crippen molar-refractivity contribution in [2.75, 3.05) is 13.1 Å². The molecule has 106 valence electrons. The van der Waals surface area contributed by atoms with Gasteiger partial charge in [-0.1, -0.05) is 24.3 Å². The maximum atomic E-state index is 11.8. The summed E-state index contributed by atoms with van der Waals surface area (Å²) in [4.78, 5) is 11.7. The van der Waals surface area contributed by atoms with Crippen molar-refractivity contribution in [2.24, 2.45) is 0 Å². The zero-order valence-corrected chi connectivity index (χ0v) is 12.2. The van der Waals surface area contributed by atoms with Crippen LogP contribution in [0.4, 0.5) is 0 Å². The van der Waals surface area contributed by atoms with Crippen LogP contribution in [0.5, 0.6) is 0 Å². The van der Waals surface area contributed by atoms with Gasteiger partial charge in [-0.2, -0.15) is 0 Å². The van der Waals surface area contributed by atoms with Crippen LogP contribution in [-0.2, 0) is 10.0 Å². The van der Waals surface area contributed by atoms with E-state index in [0.29, 0.717) is 5.56 Å². The second-order valence-corrected chi connectivity index (χ2v) is 6.89. The Kier molecular flexibility index (Phi) is 4.89. The lowest BCUT2D eigenvalue weighted by Crippen LogP contribution is -2.34. The Balaban J connectivity index is 1.79. The van der Waals surface area contributed by atoms with Gasteiger partial charge in [0.1, 0.15) is 4.21 Å². The quantitative estimate of drug-likeness (QED) is 0.793. The van der Waals surface area contributed by atoms with Crippen molar-refractivity contribution in [3.05, 3.63) is 53.4 Å². The van der Waals surface area contributed by atoms with Gasteiger partial charge in [-0.15, -0.1) is 11.3 Å². The predicted octanol–water partition coefficient (Wildman–Crippen LogP) is 1.46. The van der Waals surface area contributed by atoms with Gasteiger partial charge in [0, 0.05) is 18.7 Å². The maximum absolute atomic E-state index is 11.8. The Morgan fingerprint density at radius 2 is 1.80 bits per heavy atom. The van der Waals surface area contributed by atoms with Gasteiger partial charge in [-0.25, -0.2) is 13.1 Å². The average molecular weight is 310 g/mol. The standard InChI is InChI=1S/C13H14N2O3S2/c16-13(11-5-2-1-3-6-11)14-8-9-15-20(17,18)12-7-4-10-19-12/h1-7,10,15H,8-9H2,(H,14,16). The summed E-state index contributed by atoms with van der Waals surface area (Å²) in [6.45, 7) is 0.386. The monoisotopic (exact) mass is 310 g/mol. The first-order valence-corrected chi connectivity index (χ1v) is 8.32. The topological polar surface area (TPSA) is 75.3 Å². The number of hydrogen-bond donors (Lipinski definition) is 2. The molecule has 20 heavy (non-hydrogen) atoms. The highest BCUT2D eigenvalue weighted by atomic mass is 32.2. The minimum atomic E-state index is -3.46. The van der Waals surface area contributed by atoms with Gasteiger partial charge in [0.25, 0.3) is 5.91 Å². The first-order chi connectivity index (χ1) is 9.59. The van der Waals surface area contributed by atoms with Crippen molar-refractivity contribution in [2.45, 2.75) is 4.21 Å². The molecule has 0 radical (unpaired) electrons. The van der Waals surface area contributed by atoms with Crippen LogP contribution < -0.4 is 10.0 Å². The molecule has 2 rings (SSSR count). The summed E-state index contributed by atoms with van der Waals surface area (Å²) in [5, 5.41) is 4.35. The molecule has 1 aromatic carbocycles. The van der Waals surface area contributed by atoms with Crippen molar-refractivity contribution >= 4 is 27.3 Å². The number of carbonyl (C=O) groups excluding carboxylic acids is 1. The molecule has 0 spiro atoms. The van der Waals surface area contributed by atoms with Crippen LogP contribution in [0.2, 0.25) is 0 Å². The first-order valence-electron chi connectivity index (χ1n) is 5.96. The summed E-state index contributed by atoms with van der Waals surface area (Å²) < 4.78 is 26.3. The van der Waals surface area contributed by atoms with E-state index in [4.69, 9.17) is 0 Å². The van der Waals surface area contributed by atoms with E-state index < -0.39 is 10.0 Å². The zero-order valence-electron chi connectivity index (χ0n) is 10.6. The third kappa shape index (κ3) is 3.89. The highest BCUT2D eigenvalue weighted by Crippen LogP contribution is 2.14. The minimum Gasteiger partial charge on any atom is -0.351 e. The molecule has 0 aliphatic carbocycles. The van der Waals surface area contributed by atoms with Gasteiger partial charge in [0.2, 0.25) is 10.0 Å². The van der Waals surface area contributed by atoms with Gasteiger partial charge < -0.3 is 5.32 Å². The minimum absolute atomic E-state index is 0.152. The Hall–Kier alpha value is -1.70. The normalized spacial score (nSPS) is 11.2. The lowest BCUT2D eigenvalue weighted by molar-refractivity contribution is 0.0954. The second-order valence-electron chi connectivity index (χ2n) is 3.95. The van der Waals surface area contributed by atoms with Crippen LogP contribution in [-0.4, -0.2) is 27.4 Å². The molecule has 2 N–H and O–H groups in total. The van der Waals surface area contributed by atoms with Crippen LogP contribution in [0.25, 0.3) is 0 Å². The van der Waals surface area contributed by atoms with Crippen molar-refractivity contribution in [3.63, 3.8) is 0 Å². The number of benzene rings is 1. The van der Waals surface area contributed by atoms with Crippen LogP contribution in [0.15, 0.2) is 52.1 Å². The van der Waals surface area contributed by atoms with Gasteiger partial charge in [0.15, 0.2) is 0 Å². The van der Waals surface area contributed by atoms with E-state index in [1.165, 1.54) is 6.07 Å². The summed E-state index contributed by atoms with van der Waals surface area (Å²) in [6, 6.07) is 12.0. The third-order valence-electron chi connectivity index (χ3n) is 2.50. The molecule has 2 aromatic rings. The number of thiophene rings is 1. The van der Waals surface area contributed by atoms with Crippen molar-refractivity contribution in [1.29, 1.82) is 0 Å². The first kappa shape index (κ1) is 14.7. The molecule has 1 heterocycles. The van der Waals surface area contributed by atoms with Crippen molar-refractivity contribution < 1.29 is 13.2 Å². The average Bonchev–Trinajstić information content (AvgIpc) is 2.99. The molecule has 0 unspecified atom stereocenters. The largest absolute Gasteiger partial charge is 0.351 e. The molecule has 0 atom stereocenters. The summed E-state index contributed by atoms with van der Waals surface area (Å²) >= 11 is 1.15. The van der Waals surface area contributed by atoms with Crippen LogP contribution in [0.3, 0.4) is 0 Å². The summed E-state index contributed by atoms with van der Waals surface area (Å²) in [5.41, 5.74) is 0.550. The van der Waals surface area contributed by atoms with Gasteiger partial charge in [-0.3, -0.25) is 4.79 Å². The van der Waals surface area contributed by atoms with E-state index >= 15 is 0 Å². The fourth-order valence-corrected chi connectivity index (χ4v) is 3.61. The number of rotatable bonds is 6. The van der Waals surface area contributed by atoms with E-state index in [0.717, 1.165) is 11.3 Å². The third-order valence-corrected chi connectivity index (χ3v) is 5.36. The molecule has 5 nitrogen and oxygen atoms in total. The molecule has 0 aliphatic rings. The fraction of sp³-hybridized carbons (Fsp3) is 0.154. The number of hydrogen-bond acceptors (Lipinski definition) is 4. The van der Waals surface area contributed by atoms with Gasteiger partial charge >= 0.3 is 0 Å². The molecule has 1 amide bonds. The Morgan fingerprint density at radius 1 is 1.05 bits per heavy atom. The Bertz CT molecular complexity index is 652. The number of amides is 1. The van der Waals surface area contributed by atoms with E-state index in [1.54, 1.807) is 35.7 Å². The molecule has 0 saturated carbocycles. The van der Waals surface area contributed by atoms with E-state index in [9.17, 15) is 13.2 Å². The molecule has 0 bridgehead atoms. The molecular formula is C13H14N2O3S2. The Morgan fingerprint density at radius 3 is 2.45 bits per heavy atom. The number of carbonyl (C=O) groups is 1. The van der Waals surface area contributed by atoms with Gasteiger partial charge in [-0.05, 0) is 23.6 Å². The summed E-state index contributed by atoms with van der Waals surface area (Å²) in [5.74, 6) is -0.221. The lowest BCUT2D eigenvalue weighted by Gasteiger charge is -2.06. The molecule has 0 fully saturated rings. The van der Waals surface area contributed by atoms with Gasteiger partial charge in [0.05, 0.1) is 0 Å².